The molecule has 3 nitrogen and oxygen atoms in total. The summed E-state index contributed by atoms with van der Waals surface area (Å²) >= 11 is 0. The molecule has 0 aromatic heterocycles. The van der Waals surface area contributed by atoms with Crippen LogP contribution in [0.4, 0.5) is 0 Å². The molecule has 1 atom stereocenters. The normalized spacial score (nSPS) is 15.9. The molecule has 1 aliphatic rings. The molecule has 0 heterocycles. The molecule has 0 saturated carbocycles. The van der Waals surface area contributed by atoms with Gasteiger partial charge in [0.2, 0.25) is 0 Å². The highest BCUT2D eigenvalue weighted by Crippen LogP contribution is 2.38. The fourth-order valence-electron chi connectivity index (χ4n) is 3.20. The Labute approximate surface area is 136 Å². The van der Waals surface area contributed by atoms with Crippen LogP contribution in [0, 0.1) is 6.92 Å². The first kappa shape index (κ1) is 15.3. The summed E-state index contributed by atoms with van der Waals surface area (Å²) in [5.41, 5.74) is 4.97. The third-order valence-corrected chi connectivity index (χ3v) is 4.43. The summed E-state index contributed by atoms with van der Waals surface area (Å²) < 4.78 is 10.2. The van der Waals surface area contributed by atoms with Gasteiger partial charge in [0, 0.05) is 5.92 Å². The van der Waals surface area contributed by atoms with Crippen LogP contribution in [0.1, 0.15) is 45.0 Å². The lowest BCUT2D eigenvalue weighted by molar-refractivity contribution is 0.0599. The van der Waals surface area contributed by atoms with Crippen LogP contribution in [-0.2, 0) is 4.74 Å². The molecule has 1 aliphatic carbocycles. The zero-order chi connectivity index (χ0) is 16.4. The van der Waals surface area contributed by atoms with Crippen LogP contribution < -0.4 is 4.74 Å². The number of methoxy groups -OCH3 is 2. The summed E-state index contributed by atoms with van der Waals surface area (Å²) in [6.07, 6.45) is 5.08. The van der Waals surface area contributed by atoms with Crippen molar-refractivity contribution >= 4 is 12.0 Å². The number of allylic oxidation sites excluding steroid dienone is 1. The topological polar surface area (TPSA) is 35.5 Å². The van der Waals surface area contributed by atoms with Crippen molar-refractivity contribution in [2.24, 2.45) is 0 Å². The van der Waals surface area contributed by atoms with Crippen molar-refractivity contribution in [3.8, 4) is 5.75 Å². The SMILES string of the molecule is COC(=O)c1c(C)ccc2c1C=CCC2c1ccc(OC)cc1. The summed E-state index contributed by atoms with van der Waals surface area (Å²) in [6, 6.07) is 12.2. The van der Waals surface area contributed by atoms with Crippen LogP contribution in [0.5, 0.6) is 5.75 Å². The van der Waals surface area contributed by atoms with E-state index >= 15 is 0 Å². The first-order valence-corrected chi connectivity index (χ1v) is 7.68. The maximum absolute atomic E-state index is 12.2. The molecule has 0 bridgehead atoms. The lowest BCUT2D eigenvalue weighted by atomic mass is 9.80. The van der Waals surface area contributed by atoms with Gasteiger partial charge in [-0.1, -0.05) is 36.4 Å². The van der Waals surface area contributed by atoms with E-state index in [2.05, 4.69) is 24.3 Å². The molecule has 0 saturated heterocycles. The van der Waals surface area contributed by atoms with Crippen LogP contribution in [0.3, 0.4) is 0 Å². The standard InChI is InChI=1S/C20H20O3/c1-13-7-12-17-16(14-8-10-15(22-2)11-9-14)5-4-6-18(17)19(13)20(21)23-3/h4,6-12,16H,5H2,1-3H3. The van der Waals surface area contributed by atoms with Crippen LogP contribution >= 0.6 is 0 Å². The van der Waals surface area contributed by atoms with Crippen LogP contribution in [-0.4, -0.2) is 20.2 Å². The molecule has 2 aromatic rings. The average Bonchev–Trinajstić information content (AvgIpc) is 2.60. The van der Waals surface area contributed by atoms with Gasteiger partial charge in [0.05, 0.1) is 19.8 Å². The van der Waals surface area contributed by atoms with Gasteiger partial charge >= 0.3 is 5.97 Å². The molecule has 3 heteroatoms. The third kappa shape index (κ3) is 2.74. The van der Waals surface area contributed by atoms with E-state index in [1.54, 1.807) is 7.11 Å². The van der Waals surface area contributed by atoms with E-state index in [0.717, 1.165) is 23.3 Å². The molecular formula is C20H20O3. The van der Waals surface area contributed by atoms with Crippen molar-refractivity contribution in [3.05, 3.63) is 70.3 Å². The second-order valence-electron chi connectivity index (χ2n) is 5.72. The van der Waals surface area contributed by atoms with E-state index in [9.17, 15) is 4.79 Å². The van der Waals surface area contributed by atoms with E-state index in [1.165, 1.54) is 18.2 Å². The van der Waals surface area contributed by atoms with E-state index in [-0.39, 0.29) is 11.9 Å². The quantitative estimate of drug-likeness (QED) is 0.791. The zero-order valence-electron chi connectivity index (χ0n) is 13.6. The highest BCUT2D eigenvalue weighted by Gasteiger charge is 2.24. The van der Waals surface area contributed by atoms with E-state index in [4.69, 9.17) is 9.47 Å². The minimum absolute atomic E-state index is 0.241. The van der Waals surface area contributed by atoms with Crippen molar-refractivity contribution in [3.63, 3.8) is 0 Å². The van der Waals surface area contributed by atoms with Gasteiger partial charge in [-0.2, -0.15) is 0 Å². The van der Waals surface area contributed by atoms with Gasteiger partial charge in [0.25, 0.3) is 0 Å². The molecular weight excluding hydrogens is 288 g/mol. The number of fused-ring (bicyclic) bond motifs is 1. The van der Waals surface area contributed by atoms with Crippen molar-refractivity contribution in [2.45, 2.75) is 19.3 Å². The minimum Gasteiger partial charge on any atom is -0.497 e. The fraction of sp³-hybridized carbons (Fsp3) is 0.250. The summed E-state index contributed by atoms with van der Waals surface area (Å²) in [6.45, 7) is 1.94. The van der Waals surface area contributed by atoms with Gasteiger partial charge in [-0.25, -0.2) is 4.79 Å². The molecule has 0 N–H and O–H groups in total. The lowest BCUT2D eigenvalue weighted by Gasteiger charge is -2.24. The molecule has 0 spiro atoms. The number of esters is 1. The van der Waals surface area contributed by atoms with Crippen molar-refractivity contribution in [1.29, 1.82) is 0 Å². The van der Waals surface area contributed by atoms with E-state index in [0.29, 0.717) is 5.56 Å². The van der Waals surface area contributed by atoms with Gasteiger partial charge < -0.3 is 9.47 Å². The molecule has 0 radical (unpaired) electrons. The Bertz CT molecular complexity index is 757. The summed E-state index contributed by atoms with van der Waals surface area (Å²) in [5, 5.41) is 0. The third-order valence-electron chi connectivity index (χ3n) is 4.43. The molecule has 0 amide bonds. The number of rotatable bonds is 3. The van der Waals surface area contributed by atoms with Gasteiger partial charge in [-0.3, -0.25) is 0 Å². The van der Waals surface area contributed by atoms with Gasteiger partial charge in [-0.15, -0.1) is 0 Å². The Morgan fingerprint density at radius 3 is 2.48 bits per heavy atom. The number of hydrogen-bond donors (Lipinski definition) is 0. The molecule has 2 aromatic carbocycles. The number of hydrogen-bond acceptors (Lipinski definition) is 3. The summed E-state index contributed by atoms with van der Waals surface area (Å²) in [4.78, 5) is 12.2. The highest BCUT2D eigenvalue weighted by molar-refractivity contribution is 5.96. The number of carbonyl (C=O) groups is 1. The van der Waals surface area contributed by atoms with Crippen LogP contribution in [0.2, 0.25) is 0 Å². The molecule has 0 aliphatic heterocycles. The van der Waals surface area contributed by atoms with Crippen molar-refractivity contribution in [1.82, 2.24) is 0 Å². The molecule has 3 rings (SSSR count). The van der Waals surface area contributed by atoms with E-state index in [1.807, 2.05) is 31.2 Å². The number of aryl methyl sites for hydroxylation is 1. The summed E-state index contributed by atoms with van der Waals surface area (Å²) in [5.74, 6) is 0.809. The Hall–Kier alpha value is -2.55. The Morgan fingerprint density at radius 1 is 1.09 bits per heavy atom. The van der Waals surface area contributed by atoms with Crippen LogP contribution in [0.15, 0.2) is 42.5 Å². The van der Waals surface area contributed by atoms with Crippen molar-refractivity contribution < 1.29 is 14.3 Å². The first-order chi connectivity index (χ1) is 11.2. The largest absolute Gasteiger partial charge is 0.497 e. The van der Waals surface area contributed by atoms with Gasteiger partial charge in [0.15, 0.2) is 0 Å². The maximum atomic E-state index is 12.2. The van der Waals surface area contributed by atoms with Crippen molar-refractivity contribution in [2.75, 3.05) is 14.2 Å². The predicted molar refractivity (Wildman–Crippen MR) is 91.0 cm³/mol. The number of ether oxygens (including phenoxy) is 2. The first-order valence-electron chi connectivity index (χ1n) is 7.68. The minimum atomic E-state index is -0.278. The highest BCUT2D eigenvalue weighted by atomic mass is 16.5. The molecule has 118 valence electrons. The average molecular weight is 308 g/mol. The number of benzene rings is 2. The number of carbonyl (C=O) groups excluding carboxylic acids is 1. The van der Waals surface area contributed by atoms with Crippen LogP contribution in [0.25, 0.3) is 6.08 Å². The predicted octanol–water partition coefficient (Wildman–Crippen LogP) is 4.34. The lowest BCUT2D eigenvalue weighted by Crippen LogP contribution is -2.13. The van der Waals surface area contributed by atoms with Gasteiger partial charge in [-0.05, 0) is 47.7 Å². The monoisotopic (exact) mass is 308 g/mol. The zero-order valence-corrected chi connectivity index (χ0v) is 13.6. The Morgan fingerprint density at radius 2 is 1.83 bits per heavy atom. The fourth-order valence-corrected chi connectivity index (χ4v) is 3.20. The Kier molecular flexibility index (Phi) is 4.20. The molecule has 1 unspecified atom stereocenters. The maximum Gasteiger partial charge on any atom is 0.338 e. The second kappa shape index (κ2) is 6.29. The molecule has 0 fully saturated rings. The molecule has 23 heavy (non-hydrogen) atoms. The van der Waals surface area contributed by atoms with Gasteiger partial charge in [0.1, 0.15) is 5.75 Å². The van der Waals surface area contributed by atoms with E-state index < -0.39 is 0 Å². The smallest absolute Gasteiger partial charge is 0.338 e. The summed E-state index contributed by atoms with van der Waals surface area (Å²) in [7, 11) is 3.09. The Balaban J connectivity index is 2.09. The second-order valence-corrected chi connectivity index (χ2v) is 5.72.